The second kappa shape index (κ2) is 16.4. The van der Waals surface area contributed by atoms with E-state index >= 15 is 0 Å². The lowest BCUT2D eigenvalue weighted by Gasteiger charge is -2.20. The Kier molecular flexibility index (Phi) is 15.6. The molecule has 0 atom stereocenters. The number of nitrogens with one attached hydrogen (secondary N) is 1. The number of carbonyl (C=O) groups is 1. The molecule has 0 radical (unpaired) electrons. The molecule has 130 valence electrons. The van der Waals surface area contributed by atoms with Crippen molar-refractivity contribution >= 4 is 5.91 Å². The fourth-order valence-electron chi connectivity index (χ4n) is 1.67. The summed E-state index contributed by atoms with van der Waals surface area (Å²) in [6, 6.07) is 0. The van der Waals surface area contributed by atoms with Gasteiger partial charge in [-0.3, -0.25) is 14.5 Å². The molecule has 7 heteroatoms. The van der Waals surface area contributed by atoms with E-state index in [4.69, 9.17) is 19.9 Å². The summed E-state index contributed by atoms with van der Waals surface area (Å²) in [5.41, 5.74) is 2.42. The molecule has 0 saturated carbocycles. The molecule has 22 heavy (non-hydrogen) atoms. The van der Waals surface area contributed by atoms with Crippen LogP contribution >= 0.6 is 0 Å². The van der Waals surface area contributed by atoms with Gasteiger partial charge in [0.1, 0.15) is 0 Å². The van der Waals surface area contributed by atoms with Gasteiger partial charge >= 0.3 is 0 Å². The summed E-state index contributed by atoms with van der Waals surface area (Å²) in [4.78, 5) is 22.0. The Morgan fingerprint density at radius 1 is 0.909 bits per heavy atom. The molecule has 3 N–H and O–H groups in total. The number of rotatable bonds is 16. The summed E-state index contributed by atoms with van der Waals surface area (Å²) in [7, 11) is 0. The van der Waals surface area contributed by atoms with Gasteiger partial charge in [-0.05, 0) is 31.8 Å². The predicted octanol–water partition coefficient (Wildman–Crippen LogP) is 1.47. The van der Waals surface area contributed by atoms with Crippen LogP contribution in [0, 0.1) is 0 Å². The molecule has 1 amide bonds. The van der Waals surface area contributed by atoms with Crippen LogP contribution in [0.2, 0.25) is 0 Å². The normalized spacial score (nSPS) is 10.9. The zero-order chi connectivity index (χ0) is 16.5. The fourth-order valence-corrected chi connectivity index (χ4v) is 1.67. The van der Waals surface area contributed by atoms with Crippen molar-refractivity contribution in [2.75, 3.05) is 26.4 Å². The molecule has 0 aromatic carbocycles. The van der Waals surface area contributed by atoms with E-state index in [0.717, 1.165) is 62.8 Å². The number of amides is 1. The van der Waals surface area contributed by atoms with Crippen LogP contribution in [-0.4, -0.2) is 47.9 Å². The molecule has 0 heterocycles. The monoisotopic (exact) mass is 318 g/mol. The van der Waals surface area contributed by atoms with E-state index in [9.17, 15) is 4.79 Å². The third-order valence-electron chi connectivity index (χ3n) is 2.91. The average molecular weight is 318 g/mol. The van der Waals surface area contributed by atoms with E-state index in [1.807, 2.05) is 0 Å². The second-order valence-corrected chi connectivity index (χ2v) is 4.88. The van der Waals surface area contributed by atoms with Crippen molar-refractivity contribution < 1.29 is 24.7 Å². The van der Waals surface area contributed by atoms with E-state index in [1.165, 1.54) is 0 Å². The van der Waals surface area contributed by atoms with Crippen molar-refractivity contribution in [1.82, 2.24) is 10.8 Å². The maximum atomic E-state index is 11.3. The van der Waals surface area contributed by atoms with Crippen LogP contribution in [0.3, 0.4) is 0 Å². The van der Waals surface area contributed by atoms with Gasteiger partial charge in [0.25, 0.3) is 5.91 Å². The highest BCUT2D eigenvalue weighted by Crippen LogP contribution is 2.03. The average Bonchev–Trinajstić information content (AvgIpc) is 2.53. The van der Waals surface area contributed by atoms with E-state index < -0.39 is 5.91 Å². The van der Waals surface area contributed by atoms with E-state index in [1.54, 1.807) is 0 Å². The Labute approximate surface area is 132 Å². The Morgan fingerprint density at radius 2 is 1.36 bits per heavy atom. The van der Waals surface area contributed by atoms with Crippen LogP contribution in [0.15, 0.2) is 12.7 Å². The number of hydrazine groups is 1. The molecule has 0 aliphatic carbocycles. The van der Waals surface area contributed by atoms with E-state index in [0.29, 0.717) is 13.2 Å². The number of hydrogen-bond donors (Lipinski definition) is 3. The summed E-state index contributed by atoms with van der Waals surface area (Å²) in [6.45, 7) is 4.64. The summed E-state index contributed by atoms with van der Waals surface area (Å²) in [6.07, 6.45) is 8.16. The van der Waals surface area contributed by atoms with Gasteiger partial charge in [-0.25, -0.2) is 5.43 Å². The Hall–Kier alpha value is -0.990. The maximum Gasteiger partial charge on any atom is 0.261 e. The van der Waals surface area contributed by atoms with Gasteiger partial charge in [-0.15, -0.1) is 0 Å². The number of aliphatic hydroxyl groups is 2. The summed E-state index contributed by atoms with van der Waals surface area (Å²) in [5.74, 6) is -0.402. The highest BCUT2D eigenvalue weighted by molar-refractivity contribution is 5.86. The van der Waals surface area contributed by atoms with Gasteiger partial charge in [0.2, 0.25) is 0 Å². The molecule has 7 nitrogen and oxygen atoms in total. The summed E-state index contributed by atoms with van der Waals surface area (Å²) in [5, 5.41) is 18.4. The maximum absolute atomic E-state index is 11.3. The van der Waals surface area contributed by atoms with Crippen molar-refractivity contribution in [3.8, 4) is 0 Å². The van der Waals surface area contributed by atoms with Crippen molar-refractivity contribution in [2.24, 2.45) is 0 Å². The van der Waals surface area contributed by atoms with Gasteiger partial charge in [0.05, 0.1) is 13.2 Å². The third-order valence-corrected chi connectivity index (χ3v) is 2.91. The predicted molar refractivity (Wildman–Crippen MR) is 83.2 cm³/mol. The van der Waals surface area contributed by atoms with Gasteiger partial charge in [0, 0.05) is 18.5 Å². The molecule has 0 aromatic heterocycles. The Balaban J connectivity index is 3.79. The van der Waals surface area contributed by atoms with Gasteiger partial charge in [-0.1, -0.05) is 32.3 Å². The lowest BCUT2D eigenvalue weighted by Crippen LogP contribution is -2.41. The Morgan fingerprint density at radius 3 is 1.77 bits per heavy atom. The number of hydrogen-bond acceptors (Lipinski definition) is 6. The SMILES string of the molecule is C=CC(=O)NN(OCCCCCCO)OCCCCCCO. The number of unbranched alkanes of at least 4 members (excludes halogenated alkanes) is 6. The summed E-state index contributed by atoms with van der Waals surface area (Å²) < 4.78 is 0. The van der Waals surface area contributed by atoms with E-state index in [2.05, 4.69) is 12.0 Å². The van der Waals surface area contributed by atoms with Gasteiger partial charge in [0.15, 0.2) is 0 Å². The first-order chi connectivity index (χ1) is 10.7. The van der Waals surface area contributed by atoms with Gasteiger partial charge in [-0.2, -0.15) is 0 Å². The van der Waals surface area contributed by atoms with Crippen LogP contribution in [0.25, 0.3) is 0 Å². The topological polar surface area (TPSA) is 91.3 Å². The minimum atomic E-state index is -0.402. The first kappa shape index (κ1) is 21.0. The molecule has 0 aliphatic rings. The standard InChI is InChI=1S/C15H30N2O5/c1-2-15(20)16-17(21-13-9-5-3-7-11-18)22-14-10-6-4-8-12-19/h2,18-19H,1,3-14H2,(H,16,20). The highest BCUT2D eigenvalue weighted by atomic mass is 17.0. The third kappa shape index (κ3) is 14.0. The zero-order valence-corrected chi connectivity index (χ0v) is 13.3. The molecular weight excluding hydrogens is 288 g/mol. The molecule has 0 aliphatic heterocycles. The van der Waals surface area contributed by atoms with Crippen LogP contribution in [0.4, 0.5) is 0 Å². The van der Waals surface area contributed by atoms with Crippen molar-refractivity contribution in [3.05, 3.63) is 12.7 Å². The largest absolute Gasteiger partial charge is 0.396 e. The molecule has 0 unspecified atom stereocenters. The van der Waals surface area contributed by atoms with Crippen molar-refractivity contribution in [1.29, 1.82) is 0 Å². The van der Waals surface area contributed by atoms with Crippen molar-refractivity contribution in [3.63, 3.8) is 0 Å². The minimum Gasteiger partial charge on any atom is -0.396 e. The second-order valence-electron chi connectivity index (χ2n) is 4.88. The first-order valence-electron chi connectivity index (χ1n) is 7.95. The molecule has 0 spiro atoms. The molecule has 0 fully saturated rings. The van der Waals surface area contributed by atoms with Crippen LogP contribution < -0.4 is 5.43 Å². The molecule has 0 saturated heterocycles. The van der Waals surface area contributed by atoms with Crippen LogP contribution in [0.1, 0.15) is 51.4 Å². The van der Waals surface area contributed by atoms with Gasteiger partial charge < -0.3 is 10.2 Å². The molecule has 0 rings (SSSR count). The lowest BCUT2D eigenvalue weighted by molar-refractivity contribution is -0.391. The lowest BCUT2D eigenvalue weighted by atomic mass is 10.2. The fraction of sp³-hybridized carbons (Fsp3) is 0.800. The number of aliphatic hydroxyl groups excluding tert-OH is 2. The van der Waals surface area contributed by atoms with E-state index in [-0.39, 0.29) is 13.2 Å². The molecular formula is C15H30N2O5. The number of carbonyl (C=O) groups excluding carboxylic acids is 1. The quantitative estimate of drug-likeness (QED) is 0.227. The summed E-state index contributed by atoms with van der Waals surface area (Å²) >= 11 is 0. The minimum absolute atomic E-state index is 0.210. The zero-order valence-electron chi connectivity index (χ0n) is 13.3. The smallest absolute Gasteiger partial charge is 0.261 e. The molecule has 0 aromatic rings. The van der Waals surface area contributed by atoms with Crippen LogP contribution in [0.5, 0.6) is 0 Å². The molecule has 0 bridgehead atoms. The van der Waals surface area contributed by atoms with Crippen LogP contribution in [-0.2, 0) is 14.5 Å². The highest BCUT2D eigenvalue weighted by Gasteiger charge is 2.08. The Bertz CT molecular complexity index is 261. The van der Waals surface area contributed by atoms with Crippen molar-refractivity contribution in [2.45, 2.75) is 51.4 Å². The number of nitrogens with zero attached hydrogens (tertiary/aromatic N) is 1. The first-order valence-corrected chi connectivity index (χ1v) is 7.95.